The topological polar surface area (TPSA) is 134 Å². The standard InChI is InChI=1S/C19H20F3N5O4S/c1-18(2)17(23)27-19(3,8-32(18,29)30)13-14(21)9(20)5-10(15(13)22)26-16(28)11-6-25-12(31-4)7-24-11/h5-7H,8H2,1-4H3,(H2,23,27)(H,26,28)/t19-/m0/s1. The van der Waals surface area contributed by atoms with Gasteiger partial charge in [-0.3, -0.25) is 10.2 Å². The number of carbonyl (C=O) groups excluding carboxylic acids is 1. The highest BCUT2D eigenvalue weighted by molar-refractivity contribution is 7.93. The Morgan fingerprint density at radius 3 is 2.38 bits per heavy atom. The van der Waals surface area contributed by atoms with Crippen LogP contribution in [0.25, 0.3) is 0 Å². The zero-order chi connectivity index (χ0) is 24.1. The van der Waals surface area contributed by atoms with Gasteiger partial charge in [-0.1, -0.05) is 0 Å². The Morgan fingerprint density at radius 2 is 1.84 bits per heavy atom. The van der Waals surface area contributed by atoms with Crippen molar-refractivity contribution >= 4 is 27.3 Å². The number of benzene rings is 1. The number of rotatable bonds is 4. The SMILES string of the molecule is COc1cnc(C(=O)Nc2cc(F)c(F)c([C@]3(C)CS(=O)(=O)C(C)(C)C(=N)N3)c2F)cn1. The monoisotopic (exact) mass is 471 g/mol. The van der Waals surface area contributed by atoms with Crippen LogP contribution < -0.4 is 15.4 Å². The van der Waals surface area contributed by atoms with Crippen molar-refractivity contribution in [2.75, 3.05) is 18.2 Å². The Bertz CT molecular complexity index is 1220. The minimum Gasteiger partial charge on any atom is -0.480 e. The fourth-order valence-electron chi connectivity index (χ4n) is 3.22. The molecule has 3 rings (SSSR count). The summed E-state index contributed by atoms with van der Waals surface area (Å²) in [6, 6.07) is 0.430. The van der Waals surface area contributed by atoms with Crippen LogP contribution in [0.5, 0.6) is 5.88 Å². The number of amides is 1. The first-order valence-corrected chi connectivity index (χ1v) is 10.8. The summed E-state index contributed by atoms with van der Waals surface area (Å²) in [5.41, 5.74) is -3.97. The molecule has 2 heterocycles. The van der Waals surface area contributed by atoms with Gasteiger partial charge >= 0.3 is 0 Å². The second-order valence-electron chi connectivity index (χ2n) is 7.91. The minimum absolute atomic E-state index is 0.116. The van der Waals surface area contributed by atoms with E-state index in [0.29, 0.717) is 6.07 Å². The molecular weight excluding hydrogens is 451 g/mol. The second kappa shape index (κ2) is 7.73. The van der Waals surface area contributed by atoms with Crippen molar-refractivity contribution in [3.8, 4) is 5.88 Å². The summed E-state index contributed by atoms with van der Waals surface area (Å²) in [6.45, 7) is 3.68. The van der Waals surface area contributed by atoms with Crippen LogP contribution in [0, 0.1) is 22.9 Å². The Labute approximate surface area is 181 Å². The molecule has 0 saturated carbocycles. The number of amidine groups is 1. The number of hydrogen-bond donors (Lipinski definition) is 3. The van der Waals surface area contributed by atoms with E-state index in [-0.39, 0.29) is 11.6 Å². The van der Waals surface area contributed by atoms with Gasteiger partial charge in [-0.25, -0.2) is 31.6 Å². The molecule has 0 bridgehead atoms. The van der Waals surface area contributed by atoms with E-state index in [1.807, 2.05) is 0 Å². The maximum Gasteiger partial charge on any atom is 0.275 e. The number of nitrogens with zero attached hydrogens (tertiary/aromatic N) is 2. The van der Waals surface area contributed by atoms with Gasteiger partial charge in [0.15, 0.2) is 27.3 Å². The molecule has 1 fully saturated rings. The molecule has 172 valence electrons. The van der Waals surface area contributed by atoms with Crippen molar-refractivity contribution in [1.82, 2.24) is 15.3 Å². The molecule has 0 unspecified atom stereocenters. The Morgan fingerprint density at radius 1 is 1.19 bits per heavy atom. The predicted octanol–water partition coefficient (Wildman–Crippen LogP) is 2.14. The van der Waals surface area contributed by atoms with Crippen molar-refractivity contribution in [2.24, 2.45) is 0 Å². The van der Waals surface area contributed by atoms with Crippen LogP contribution in [0.4, 0.5) is 18.9 Å². The second-order valence-corrected chi connectivity index (χ2v) is 10.4. The molecule has 1 amide bonds. The molecule has 1 aromatic heterocycles. The van der Waals surface area contributed by atoms with Gasteiger partial charge in [-0.05, 0) is 20.8 Å². The Hall–Kier alpha value is -3.22. The van der Waals surface area contributed by atoms with E-state index in [1.54, 1.807) is 0 Å². The van der Waals surface area contributed by atoms with Gasteiger partial charge in [0.2, 0.25) is 5.88 Å². The molecule has 0 aliphatic carbocycles. The van der Waals surface area contributed by atoms with Gasteiger partial charge in [-0.15, -0.1) is 0 Å². The first-order valence-electron chi connectivity index (χ1n) is 9.18. The van der Waals surface area contributed by atoms with Crippen molar-refractivity contribution < 1.29 is 31.1 Å². The van der Waals surface area contributed by atoms with E-state index in [2.05, 4.69) is 20.6 Å². The van der Waals surface area contributed by atoms with Gasteiger partial charge < -0.3 is 15.4 Å². The quantitative estimate of drug-likeness (QED) is 0.582. The molecule has 1 aromatic carbocycles. The lowest BCUT2D eigenvalue weighted by Crippen LogP contribution is -2.64. The lowest BCUT2D eigenvalue weighted by atomic mass is 9.90. The number of hydrogen-bond acceptors (Lipinski definition) is 7. The summed E-state index contributed by atoms with van der Waals surface area (Å²) in [4.78, 5) is 19.9. The molecule has 1 atom stereocenters. The summed E-state index contributed by atoms with van der Waals surface area (Å²) in [6.07, 6.45) is 2.17. The van der Waals surface area contributed by atoms with E-state index in [9.17, 15) is 22.0 Å². The number of anilines is 1. The van der Waals surface area contributed by atoms with E-state index in [1.165, 1.54) is 21.0 Å². The van der Waals surface area contributed by atoms with Crippen molar-refractivity contribution in [2.45, 2.75) is 31.1 Å². The normalized spacial score (nSPS) is 21.5. The smallest absolute Gasteiger partial charge is 0.275 e. The highest BCUT2D eigenvalue weighted by Crippen LogP contribution is 2.38. The summed E-state index contributed by atoms with van der Waals surface area (Å²) < 4.78 is 73.0. The van der Waals surface area contributed by atoms with Crippen molar-refractivity contribution in [3.05, 3.63) is 47.2 Å². The number of halogens is 3. The average Bonchev–Trinajstić information content (AvgIpc) is 2.70. The Kier molecular flexibility index (Phi) is 5.66. The van der Waals surface area contributed by atoms with Crippen LogP contribution in [-0.4, -0.2) is 47.7 Å². The van der Waals surface area contributed by atoms with E-state index in [4.69, 9.17) is 10.1 Å². The average molecular weight is 471 g/mol. The third kappa shape index (κ3) is 3.76. The third-order valence-corrected chi connectivity index (χ3v) is 8.00. The van der Waals surface area contributed by atoms with Gasteiger partial charge in [0.1, 0.15) is 16.3 Å². The summed E-state index contributed by atoms with van der Waals surface area (Å²) in [7, 11) is -2.72. The van der Waals surface area contributed by atoms with Gasteiger partial charge in [0.05, 0.1) is 42.0 Å². The zero-order valence-corrected chi connectivity index (χ0v) is 18.3. The van der Waals surface area contributed by atoms with Crippen LogP contribution in [0.3, 0.4) is 0 Å². The molecule has 9 nitrogen and oxygen atoms in total. The lowest BCUT2D eigenvalue weighted by Gasteiger charge is -2.43. The number of carbonyl (C=O) groups is 1. The molecule has 0 spiro atoms. The fraction of sp³-hybridized carbons (Fsp3) is 0.368. The maximum absolute atomic E-state index is 15.3. The van der Waals surface area contributed by atoms with Gasteiger partial charge in [0.25, 0.3) is 5.91 Å². The molecule has 3 N–H and O–H groups in total. The molecule has 0 radical (unpaired) electrons. The highest BCUT2D eigenvalue weighted by atomic mass is 32.2. The number of aromatic nitrogens is 2. The molecule has 1 aliphatic heterocycles. The van der Waals surface area contributed by atoms with Crippen LogP contribution >= 0.6 is 0 Å². The summed E-state index contributed by atoms with van der Waals surface area (Å²) >= 11 is 0. The number of methoxy groups -OCH3 is 1. The van der Waals surface area contributed by atoms with Crippen LogP contribution in [0.1, 0.15) is 36.8 Å². The molecule has 1 saturated heterocycles. The number of nitrogens with one attached hydrogen (secondary N) is 3. The van der Waals surface area contributed by atoms with Crippen LogP contribution in [0.2, 0.25) is 0 Å². The summed E-state index contributed by atoms with van der Waals surface area (Å²) in [5, 5.41) is 12.6. The van der Waals surface area contributed by atoms with Gasteiger partial charge in [0, 0.05) is 6.07 Å². The van der Waals surface area contributed by atoms with Crippen LogP contribution in [-0.2, 0) is 15.4 Å². The highest BCUT2D eigenvalue weighted by Gasteiger charge is 2.52. The largest absolute Gasteiger partial charge is 0.480 e. The molecule has 32 heavy (non-hydrogen) atoms. The first kappa shape index (κ1) is 23.4. The van der Waals surface area contributed by atoms with E-state index >= 15 is 4.39 Å². The van der Waals surface area contributed by atoms with E-state index in [0.717, 1.165) is 19.3 Å². The summed E-state index contributed by atoms with van der Waals surface area (Å²) in [5.74, 6) is -6.73. The van der Waals surface area contributed by atoms with Crippen molar-refractivity contribution in [3.63, 3.8) is 0 Å². The molecule has 1 aliphatic rings. The third-order valence-electron chi connectivity index (χ3n) is 5.29. The van der Waals surface area contributed by atoms with E-state index < -0.39 is 66.3 Å². The molecule has 2 aromatic rings. The fourth-order valence-corrected chi connectivity index (χ4v) is 4.92. The number of sulfone groups is 1. The lowest BCUT2D eigenvalue weighted by molar-refractivity contribution is 0.102. The maximum atomic E-state index is 15.3. The first-order chi connectivity index (χ1) is 14.7. The Balaban J connectivity index is 2.05. The molecule has 13 heteroatoms. The van der Waals surface area contributed by atoms with Crippen LogP contribution in [0.15, 0.2) is 18.5 Å². The van der Waals surface area contributed by atoms with Gasteiger partial charge in [-0.2, -0.15) is 0 Å². The molecular formula is C19H20F3N5O4S. The number of ether oxygens (including phenoxy) is 1. The zero-order valence-electron chi connectivity index (χ0n) is 17.5. The minimum atomic E-state index is -4.06. The predicted molar refractivity (Wildman–Crippen MR) is 109 cm³/mol. The van der Waals surface area contributed by atoms with Crippen molar-refractivity contribution in [1.29, 1.82) is 5.41 Å².